The fourth-order valence-corrected chi connectivity index (χ4v) is 3.69. The van der Waals surface area contributed by atoms with Gasteiger partial charge in [0, 0.05) is 63.9 Å². The summed E-state index contributed by atoms with van der Waals surface area (Å²) in [5.74, 6) is 0.550. The zero-order valence-electron chi connectivity index (χ0n) is 14.4. The van der Waals surface area contributed by atoms with Crippen molar-refractivity contribution in [3.8, 4) is 0 Å². The Labute approximate surface area is 144 Å². The standard InChI is InChI=1S/C19H29N3O2/c23-16-17-8-10-22(15-17)19(24)7-4-9-20-11-13-21(14-12-20)18-5-2-1-3-6-18/h1-3,5-6,17,23H,4,7-16H2. The molecule has 24 heavy (non-hydrogen) atoms. The minimum Gasteiger partial charge on any atom is -0.396 e. The highest BCUT2D eigenvalue weighted by Gasteiger charge is 2.25. The van der Waals surface area contributed by atoms with Crippen molar-refractivity contribution in [1.82, 2.24) is 9.80 Å². The topological polar surface area (TPSA) is 47.0 Å². The van der Waals surface area contributed by atoms with Crippen molar-refractivity contribution >= 4 is 11.6 Å². The number of carbonyl (C=O) groups is 1. The van der Waals surface area contributed by atoms with Crippen LogP contribution in [0.3, 0.4) is 0 Å². The van der Waals surface area contributed by atoms with Gasteiger partial charge in [0.25, 0.3) is 0 Å². The Kier molecular flexibility index (Phi) is 6.10. The Morgan fingerprint density at radius 2 is 1.83 bits per heavy atom. The van der Waals surface area contributed by atoms with Crippen molar-refractivity contribution in [2.24, 2.45) is 5.92 Å². The van der Waals surface area contributed by atoms with Crippen LogP contribution in [0.1, 0.15) is 19.3 Å². The smallest absolute Gasteiger partial charge is 0.222 e. The number of aliphatic hydroxyl groups excluding tert-OH is 1. The van der Waals surface area contributed by atoms with E-state index in [1.54, 1.807) is 0 Å². The van der Waals surface area contributed by atoms with Gasteiger partial charge in [-0.15, -0.1) is 0 Å². The van der Waals surface area contributed by atoms with E-state index in [-0.39, 0.29) is 12.5 Å². The molecule has 2 fully saturated rings. The molecule has 5 heteroatoms. The fourth-order valence-electron chi connectivity index (χ4n) is 3.69. The number of nitrogens with zero attached hydrogens (tertiary/aromatic N) is 3. The number of hydrogen-bond acceptors (Lipinski definition) is 4. The Morgan fingerprint density at radius 3 is 2.50 bits per heavy atom. The summed E-state index contributed by atoms with van der Waals surface area (Å²) in [5, 5.41) is 9.17. The van der Waals surface area contributed by atoms with Gasteiger partial charge >= 0.3 is 0 Å². The number of para-hydroxylation sites is 1. The highest BCUT2D eigenvalue weighted by Crippen LogP contribution is 2.18. The van der Waals surface area contributed by atoms with E-state index in [9.17, 15) is 4.79 Å². The molecular formula is C19H29N3O2. The Balaban J connectivity index is 1.33. The highest BCUT2D eigenvalue weighted by molar-refractivity contribution is 5.76. The lowest BCUT2D eigenvalue weighted by Crippen LogP contribution is -2.46. The van der Waals surface area contributed by atoms with E-state index in [1.165, 1.54) is 5.69 Å². The first-order valence-electron chi connectivity index (χ1n) is 9.17. The fraction of sp³-hybridized carbons (Fsp3) is 0.632. The molecule has 3 rings (SSSR count). The number of aliphatic hydroxyl groups is 1. The lowest BCUT2D eigenvalue weighted by molar-refractivity contribution is -0.130. The molecule has 1 unspecified atom stereocenters. The number of piperazine rings is 1. The van der Waals surface area contributed by atoms with Crippen LogP contribution in [-0.4, -0.2) is 73.2 Å². The van der Waals surface area contributed by atoms with Crippen molar-refractivity contribution in [1.29, 1.82) is 0 Å². The molecule has 2 aliphatic rings. The van der Waals surface area contributed by atoms with Crippen LogP contribution >= 0.6 is 0 Å². The molecule has 2 saturated heterocycles. The van der Waals surface area contributed by atoms with E-state index in [1.807, 2.05) is 4.90 Å². The summed E-state index contributed by atoms with van der Waals surface area (Å²) < 4.78 is 0. The number of benzene rings is 1. The van der Waals surface area contributed by atoms with Crippen LogP contribution in [0.15, 0.2) is 30.3 Å². The van der Waals surface area contributed by atoms with Gasteiger partial charge in [-0.25, -0.2) is 0 Å². The molecule has 2 aliphatic heterocycles. The first-order valence-corrected chi connectivity index (χ1v) is 9.17. The van der Waals surface area contributed by atoms with E-state index in [0.717, 1.165) is 58.7 Å². The number of anilines is 1. The Bertz CT molecular complexity index is 515. The van der Waals surface area contributed by atoms with Gasteiger partial charge in [-0.2, -0.15) is 0 Å². The van der Waals surface area contributed by atoms with Crippen LogP contribution in [0.4, 0.5) is 5.69 Å². The molecule has 1 aromatic rings. The van der Waals surface area contributed by atoms with Gasteiger partial charge in [0.1, 0.15) is 0 Å². The molecule has 0 aromatic heterocycles. The van der Waals surface area contributed by atoms with Crippen LogP contribution in [0, 0.1) is 5.92 Å². The van der Waals surface area contributed by atoms with E-state index in [4.69, 9.17) is 5.11 Å². The second-order valence-electron chi connectivity index (χ2n) is 6.94. The van der Waals surface area contributed by atoms with Gasteiger partial charge in [-0.1, -0.05) is 18.2 Å². The van der Waals surface area contributed by atoms with Crippen molar-refractivity contribution in [3.05, 3.63) is 30.3 Å². The zero-order chi connectivity index (χ0) is 16.8. The van der Waals surface area contributed by atoms with Gasteiger partial charge in [-0.3, -0.25) is 9.69 Å². The SMILES string of the molecule is O=C(CCCN1CCN(c2ccccc2)CC1)N1CCC(CO)C1. The van der Waals surface area contributed by atoms with Crippen LogP contribution in [0.5, 0.6) is 0 Å². The van der Waals surface area contributed by atoms with Crippen LogP contribution in [0.25, 0.3) is 0 Å². The molecule has 132 valence electrons. The second kappa shape index (κ2) is 8.49. The van der Waals surface area contributed by atoms with Crippen molar-refractivity contribution in [3.63, 3.8) is 0 Å². The number of likely N-dealkylation sites (tertiary alicyclic amines) is 1. The van der Waals surface area contributed by atoms with Gasteiger partial charge < -0.3 is 14.9 Å². The van der Waals surface area contributed by atoms with Gasteiger partial charge in [0.2, 0.25) is 5.91 Å². The summed E-state index contributed by atoms with van der Waals surface area (Å²) in [7, 11) is 0. The Morgan fingerprint density at radius 1 is 1.08 bits per heavy atom. The summed E-state index contributed by atoms with van der Waals surface area (Å²) in [6.45, 7) is 7.02. The summed E-state index contributed by atoms with van der Waals surface area (Å²) in [6, 6.07) is 10.6. The van der Waals surface area contributed by atoms with E-state index in [0.29, 0.717) is 12.3 Å². The third-order valence-corrected chi connectivity index (χ3v) is 5.26. The van der Waals surface area contributed by atoms with Crippen LogP contribution in [0.2, 0.25) is 0 Å². The minimum absolute atomic E-state index is 0.204. The first kappa shape index (κ1) is 17.2. The Hall–Kier alpha value is -1.59. The summed E-state index contributed by atoms with van der Waals surface area (Å²) >= 11 is 0. The lowest BCUT2D eigenvalue weighted by atomic mass is 10.1. The van der Waals surface area contributed by atoms with Gasteiger partial charge in [0.15, 0.2) is 0 Å². The number of hydrogen-bond donors (Lipinski definition) is 1. The molecule has 1 atom stereocenters. The zero-order valence-corrected chi connectivity index (χ0v) is 14.4. The third-order valence-electron chi connectivity index (χ3n) is 5.26. The predicted octanol–water partition coefficient (Wildman–Crippen LogP) is 1.43. The normalized spacial score (nSPS) is 22.1. The molecule has 0 spiro atoms. The third kappa shape index (κ3) is 4.48. The molecule has 5 nitrogen and oxygen atoms in total. The first-order chi connectivity index (χ1) is 11.8. The van der Waals surface area contributed by atoms with Crippen LogP contribution in [-0.2, 0) is 4.79 Å². The van der Waals surface area contributed by atoms with Crippen molar-refractivity contribution in [2.45, 2.75) is 19.3 Å². The quantitative estimate of drug-likeness (QED) is 0.857. The molecule has 0 radical (unpaired) electrons. The largest absolute Gasteiger partial charge is 0.396 e. The van der Waals surface area contributed by atoms with Gasteiger partial charge in [0.05, 0.1) is 0 Å². The maximum atomic E-state index is 12.2. The molecule has 0 aliphatic carbocycles. The minimum atomic E-state index is 0.204. The maximum absolute atomic E-state index is 12.2. The molecule has 0 saturated carbocycles. The number of rotatable bonds is 6. The van der Waals surface area contributed by atoms with Crippen molar-refractivity contribution in [2.75, 3.05) is 57.3 Å². The molecule has 0 bridgehead atoms. The molecular weight excluding hydrogens is 302 g/mol. The summed E-state index contributed by atoms with van der Waals surface area (Å²) in [4.78, 5) is 19.0. The predicted molar refractivity (Wildman–Crippen MR) is 96.1 cm³/mol. The maximum Gasteiger partial charge on any atom is 0.222 e. The molecule has 2 heterocycles. The number of carbonyl (C=O) groups excluding carboxylic acids is 1. The highest BCUT2D eigenvalue weighted by atomic mass is 16.3. The average Bonchev–Trinajstić information content (AvgIpc) is 3.12. The summed E-state index contributed by atoms with van der Waals surface area (Å²) in [6.07, 6.45) is 2.52. The van der Waals surface area contributed by atoms with Gasteiger partial charge in [-0.05, 0) is 31.5 Å². The summed E-state index contributed by atoms with van der Waals surface area (Å²) in [5.41, 5.74) is 1.31. The second-order valence-corrected chi connectivity index (χ2v) is 6.94. The number of amides is 1. The van der Waals surface area contributed by atoms with Crippen molar-refractivity contribution < 1.29 is 9.90 Å². The van der Waals surface area contributed by atoms with E-state index < -0.39 is 0 Å². The average molecular weight is 331 g/mol. The molecule has 1 aromatic carbocycles. The van der Waals surface area contributed by atoms with E-state index in [2.05, 4.69) is 40.1 Å². The molecule has 1 amide bonds. The monoisotopic (exact) mass is 331 g/mol. The lowest BCUT2D eigenvalue weighted by Gasteiger charge is -2.36. The van der Waals surface area contributed by atoms with E-state index >= 15 is 0 Å². The molecule has 1 N–H and O–H groups in total. The van der Waals surface area contributed by atoms with Crippen LogP contribution < -0.4 is 4.90 Å².